The molecule has 2 aromatic carbocycles. The number of nitrogens with one attached hydrogen (secondary N) is 1. The van der Waals surface area contributed by atoms with E-state index in [1.54, 1.807) is 0 Å². The number of likely N-dealkylation sites (tertiary alicyclic amines) is 1. The lowest BCUT2D eigenvalue weighted by atomic mass is 10.1. The smallest absolute Gasteiger partial charge is 0.258 e. The van der Waals surface area contributed by atoms with Crippen LogP contribution < -0.4 is 0 Å². The second-order valence-corrected chi connectivity index (χ2v) is 7.68. The minimum atomic E-state index is -0.0246. The van der Waals surface area contributed by atoms with Crippen molar-refractivity contribution in [1.29, 1.82) is 0 Å². The third kappa shape index (κ3) is 3.42. The van der Waals surface area contributed by atoms with Gasteiger partial charge in [-0.3, -0.25) is 4.79 Å². The molecule has 1 unspecified atom stereocenters. The first-order chi connectivity index (χ1) is 14.2. The van der Waals surface area contributed by atoms with Crippen LogP contribution in [0.1, 0.15) is 29.3 Å². The van der Waals surface area contributed by atoms with Crippen molar-refractivity contribution in [2.24, 2.45) is 0 Å². The van der Waals surface area contributed by atoms with Crippen LogP contribution in [0.25, 0.3) is 22.4 Å². The Kier molecular flexibility index (Phi) is 4.39. The van der Waals surface area contributed by atoms with E-state index in [0.717, 1.165) is 22.9 Å². The Balaban J connectivity index is 1.29. The molecule has 29 heavy (non-hydrogen) atoms. The summed E-state index contributed by atoms with van der Waals surface area (Å²) in [5.41, 5.74) is 4.42. The lowest BCUT2D eigenvalue weighted by Crippen LogP contribution is -2.27. The van der Waals surface area contributed by atoms with Crippen molar-refractivity contribution in [2.45, 2.75) is 25.7 Å². The highest BCUT2D eigenvalue weighted by Gasteiger charge is 2.33. The molecule has 1 aliphatic rings. The number of nitrogens with zero attached hydrogens (tertiary/aromatic N) is 3. The summed E-state index contributed by atoms with van der Waals surface area (Å²) in [5, 5.41) is 5.23. The van der Waals surface area contributed by atoms with Gasteiger partial charge < -0.3 is 14.4 Å². The molecule has 6 heteroatoms. The van der Waals surface area contributed by atoms with Crippen molar-refractivity contribution >= 4 is 16.8 Å². The van der Waals surface area contributed by atoms with E-state index in [1.807, 2.05) is 35.4 Å². The topological polar surface area (TPSA) is 75.0 Å². The number of fused-ring (bicyclic) bond motifs is 1. The highest BCUT2D eigenvalue weighted by molar-refractivity contribution is 5.92. The lowest BCUT2D eigenvalue weighted by Gasteiger charge is -2.16. The van der Waals surface area contributed by atoms with Crippen molar-refractivity contribution in [1.82, 2.24) is 20.0 Å². The van der Waals surface area contributed by atoms with Crippen LogP contribution in [-0.4, -0.2) is 39.0 Å². The minimum absolute atomic E-state index is 0.0246. The molecule has 1 fully saturated rings. The molecule has 1 N–H and O–H groups in total. The van der Waals surface area contributed by atoms with E-state index in [0.29, 0.717) is 31.2 Å². The summed E-state index contributed by atoms with van der Waals surface area (Å²) >= 11 is 0. The normalized spacial score (nSPS) is 16.8. The van der Waals surface area contributed by atoms with Crippen LogP contribution in [0, 0.1) is 6.92 Å². The molecule has 3 heterocycles. The SMILES string of the molecule is Cc1ccc(CCN2CC(c3noc(-c4cccc5[nH]ccc45)n3)CC2=O)cc1. The van der Waals surface area contributed by atoms with Gasteiger partial charge in [-0.15, -0.1) is 0 Å². The Morgan fingerprint density at radius 3 is 2.90 bits per heavy atom. The van der Waals surface area contributed by atoms with Gasteiger partial charge in [-0.25, -0.2) is 0 Å². The van der Waals surface area contributed by atoms with Gasteiger partial charge in [-0.2, -0.15) is 4.98 Å². The van der Waals surface area contributed by atoms with E-state index in [-0.39, 0.29) is 11.8 Å². The van der Waals surface area contributed by atoms with Crippen LogP contribution in [0.2, 0.25) is 0 Å². The first kappa shape index (κ1) is 17.7. The zero-order valence-electron chi connectivity index (χ0n) is 16.3. The summed E-state index contributed by atoms with van der Waals surface area (Å²) in [7, 11) is 0. The fourth-order valence-electron chi connectivity index (χ4n) is 3.96. The molecule has 5 rings (SSSR count). The van der Waals surface area contributed by atoms with E-state index >= 15 is 0 Å². The largest absolute Gasteiger partial charge is 0.361 e. The Labute approximate surface area is 168 Å². The van der Waals surface area contributed by atoms with Crippen molar-refractivity contribution < 1.29 is 9.32 Å². The van der Waals surface area contributed by atoms with Gasteiger partial charge in [0, 0.05) is 48.1 Å². The Bertz CT molecular complexity index is 1160. The molecule has 2 aromatic heterocycles. The van der Waals surface area contributed by atoms with Crippen molar-refractivity contribution in [2.75, 3.05) is 13.1 Å². The zero-order chi connectivity index (χ0) is 19.8. The minimum Gasteiger partial charge on any atom is -0.361 e. The zero-order valence-corrected chi connectivity index (χ0v) is 16.3. The standard InChI is InChI=1S/C23H22N4O2/c1-15-5-7-16(8-6-15)10-12-27-14-17(13-21(27)28)22-25-23(29-26-22)19-3-2-4-20-18(19)9-11-24-20/h2-9,11,17,24H,10,12-14H2,1H3. The van der Waals surface area contributed by atoms with Gasteiger partial charge in [-0.05, 0) is 37.1 Å². The fraction of sp³-hybridized carbons (Fsp3) is 0.261. The van der Waals surface area contributed by atoms with Gasteiger partial charge in [0.15, 0.2) is 5.82 Å². The van der Waals surface area contributed by atoms with Crippen LogP contribution in [0.5, 0.6) is 0 Å². The number of carbonyl (C=O) groups excluding carboxylic acids is 1. The summed E-state index contributed by atoms with van der Waals surface area (Å²) in [6.07, 6.45) is 3.18. The van der Waals surface area contributed by atoms with Crippen molar-refractivity contribution in [3.8, 4) is 11.5 Å². The highest BCUT2D eigenvalue weighted by atomic mass is 16.5. The molecular formula is C23H22N4O2. The molecule has 1 atom stereocenters. The predicted molar refractivity (Wildman–Crippen MR) is 110 cm³/mol. The van der Waals surface area contributed by atoms with Gasteiger partial charge in [0.2, 0.25) is 5.91 Å². The maximum absolute atomic E-state index is 12.5. The quantitative estimate of drug-likeness (QED) is 0.561. The molecule has 0 radical (unpaired) electrons. The number of benzene rings is 2. The van der Waals surface area contributed by atoms with Gasteiger partial charge in [0.05, 0.1) is 0 Å². The fourth-order valence-corrected chi connectivity index (χ4v) is 3.96. The van der Waals surface area contributed by atoms with E-state index in [9.17, 15) is 4.79 Å². The summed E-state index contributed by atoms with van der Waals surface area (Å²) in [4.78, 5) is 22.2. The molecule has 1 saturated heterocycles. The number of aromatic amines is 1. The number of aryl methyl sites for hydroxylation is 1. The first-order valence-electron chi connectivity index (χ1n) is 9.91. The van der Waals surface area contributed by atoms with E-state index in [2.05, 4.69) is 46.3 Å². The van der Waals surface area contributed by atoms with Crippen LogP contribution in [0.3, 0.4) is 0 Å². The van der Waals surface area contributed by atoms with Crippen LogP contribution in [0.4, 0.5) is 0 Å². The van der Waals surface area contributed by atoms with E-state index in [1.165, 1.54) is 11.1 Å². The summed E-state index contributed by atoms with van der Waals surface area (Å²) in [6, 6.07) is 16.4. The number of hydrogen-bond donors (Lipinski definition) is 1. The van der Waals surface area contributed by atoms with E-state index < -0.39 is 0 Å². The summed E-state index contributed by atoms with van der Waals surface area (Å²) in [5.74, 6) is 1.24. The summed E-state index contributed by atoms with van der Waals surface area (Å²) < 4.78 is 5.55. The second-order valence-electron chi connectivity index (χ2n) is 7.68. The Morgan fingerprint density at radius 2 is 2.03 bits per heavy atom. The molecule has 1 amide bonds. The number of hydrogen-bond acceptors (Lipinski definition) is 4. The van der Waals surface area contributed by atoms with Crippen molar-refractivity contribution in [3.05, 3.63) is 71.7 Å². The molecule has 0 saturated carbocycles. The van der Waals surface area contributed by atoms with Gasteiger partial charge >= 0.3 is 0 Å². The second kappa shape index (κ2) is 7.20. The van der Waals surface area contributed by atoms with Gasteiger partial charge in [0.25, 0.3) is 5.89 Å². The molecule has 0 aliphatic carbocycles. The number of H-pyrrole nitrogens is 1. The predicted octanol–water partition coefficient (Wildman–Crippen LogP) is 4.08. The average molecular weight is 386 g/mol. The maximum Gasteiger partial charge on any atom is 0.258 e. The van der Waals surface area contributed by atoms with Crippen LogP contribution in [0.15, 0.2) is 59.3 Å². The molecule has 0 bridgehead atoms. The van der Waals surface area contributed by atoms with Crippen LogP contribution in [-0.2, 0) is 11.2 Å². The summed E-state index contributed by atoms with van der Waals surface area (Å²) in [6.45, 7) is 3.43. The molecule has 6 nitrogen and oxygen atoms in total. The third-order valence-electron chi connectivity index (χ3n) is 5.64. The average Bonchev–Trinajstić information content (AvgIpc) is 3.47. The maximum atomic E-state index is 12.5. The highest BCUT2D eigenvalue weighted by Crippen LogP contribution is 2.31. The molecule has 4 aromatic rings. The number of amides is 1. The van der Waals surface area contributed by atoms with E-state index in [4.69, 9.17) is 4.52 Å². The van der Waals surface area contributed by atoms with Crippen molar-refractivity contribution in [3.63, 3.8) is 0 Å². The van der Waals surface area contributed by atoms with Gasteiger partial charge in [0.1, 0.15) is 0 Å². The Morgan fingerprint density at radius 1 is 1.17 bits per heavy atom. The van der Waals surface area contributed by atoms with Gasteiger partial charge in [-0.1, -0.05) is 41.1 Å². The lowest BCUT2D eigenvalue weighted by molar-refractivity contribution is -0.127. The molecule has 1 aliphatic heterocycles. The molecule has 146 valence electrons. The van der Waals surface area contributed by atoms with Crippen LogP contribution >= 0.6 is 0 Å². The molecule has 0 spiro atoms. The monoisotopic (exact) mass is 386 g/mol. The number of carbonyl (C=O) groups is 1. The third-order valence-corrected chi connectivity index (χ3v) is 5.64. The number of rotatable bonds is 5. The first-order valence-corrected chi connectivity index (χ1v) is 9.91. The molecular weight excluding hydrogens is 364 g/mol. The Hall–Kier alpha value is -3.41. The number of aromatic nitrogens is 3.